The predicted molar refractivity (Wildman–Crippen MR) is 55.3 cm³/mol. The Balaban J connectivity index is 3.24. The van der Waals surface area contributed by atoms with Crippen LogP contribution in [-0.4, -0.2) is 18.5 Å². The number of hydrogen-bond acceptors (Lipinski definition) is 2. The van der Waals surface area contributed by atoms with Gasteiger partial charge in [0.15, 0.2) is 0 Å². The molecule has 0 aliphatic carbocycles. The van der Waals surface area contributed by atoms with Crippen molar-refractivity contribution >= 4 is 5.91 Å². The van der Waals surface area contributed by atoms with Crippen LogP contribution in [0.25, 0.3) is 0 Å². The number of amides is 1. The minimum atomic E-state index is -0.294. The first kappa shape index (κ1) is 12.2. The van der Waals surface area contributed by atoms with Crippen molar-refractivity contribution in [2.24, 2.45) is 5.73 Å². The minimum Gasteiger partial charge on any atom is -0.369 e. The first-order chi connectivity index (χ1) is 6.16. The molecule has 0 heterocycles. The van der Waals surface area contributed by atoms with Crippen LogP contribution in [0.1, 0.15) is 32.6 Å². The summed E-state index contributed by atoms with van der Waals surface area (Å²) in [5.74, 6) is -0.294. The highest BCUT2D eigenvalue weighted by molar-refractivity contribution is 5.75. The summed E-state index contributed by atoms with van der Waals surface area (Å²) < 4.78 is 0. The molecule has 76 valence electrons. The molecular weight excluding hydrogens is 164 g/mol. The van der Waals surface area contributed by atoms with Crippen molar-refractivity contribution in [3.8, 4) is 0 Å². The fourth-order valence-electron chi connectivity index (χ4n) is 1.12. The van der Waals surface area contributed by atoms with Crippen molar-refractivity contribution in [1.82, 2.24) is 5.32 Å². The summed E-state index contributed by atoms with van der Waals surface area (Å²) in [7, 11) is 0. The van der Waals surface area contributed by atoms with E-state index in [1.807, 2.05) is 6.08 Å². The zero-order valence-electron chi connectivity index (χ0n) is 8.38. The molecule has 13 heavy (non-hydrogen) atoms. The molecule has 3 nitrogen and oxygen atoms in total. The summed E-state index contributed by atoms with van der Waals surface area (Å²) in [6.45, 7) is 6.01. The van der Waals surface area contributed by atoms with Gasteiger partial charge in [0.05, 0.1) is 6.54 Å². The van der Waals surface area contributed by atoms with Gasteiger partial charge in [-0.15, -0.1) is 6.58 Å². The van der Waals surface area contributed by atoms with Crippen molar-refractivity contribution in [1.29, 1.82) is 0 Å². The van der Waals surface area contributed by atoms with Gasteiger partial charge in [0.25, 0.3) is 0 Å². The molecule has 1 amide bonds. The minimum absolute atomic E-state index is 0.280. The van der Waals surface area contributed by atoms with E-state index in [2.05, 4.69) is 18.8 Å². The van der Waals surface area contributed by atoms with E-state index in [0.29, 0.717) is 6.04 Å². The van der Waals surface area contributed by atoms with Crippen LogP contribution >= 0.6 is 0 Å². The third-order valence-corrected chi connectivity index (χ3v) is 1.92. The van der Waals surface area contributed by atoms with Crippen LogP contribution in [0.3, 0.4) is 0 Å². The quantitative estimate of drug-likeness (QED) is 0.440. The normalized spacial score (nSPS) is 12.4. The molecule has 0 fully saturated rings. The highest BCUT2D eigenvalue weighted by atomic mass is 16.1. The summed E-state index contributed by atoms with van der Waals surface area (Å²) in [6, 6.07) is 0.373. The second-order valence-electron chi connectivity index (χ2n) is 3.32. The number of unbranched alkanes of at least 4 members (excludes halogenated alkanes) is 2. The van der Waals surface area contributed by atoms with Crippen LogP contribution in [0.15, 0.2) is 12.7 Å². The van der Waals surface area contributed by atoms with Gasteiger partial charge in [-0.3, -0.25) is 4.79 Å². The SMILES string of the molecule is C=CCCCCC(C)NCC(N)=O. The Bertz CT molecular complexity index is 157. The van der Waals surface area contributed by atoms with Gasteiger partial charge in [0.1, 0.15) is 0 Å². The molecule has 0 bridgehead atoms. The van der Waals surface area contributed by atoms with Gasteiger partial charge in [-0.2, -0.15) is 0 Å². The molecule has 0 aliphatic rings. The monoisotopic (exact) mass is 184 g/mol. The lowest BCUT2D eigenvalue weighted by molar-refractivity contribution is -0.117. The van der Waals surface area contributed by atoms with E-state index in [9.17, 15) is 4.79 Å². The van der Waals surface area contributed by atoms with Crippen LogP contribution in [-0.2, 0) is 4.79 Å². The average Bonchev–Trinajstić information content (AvgIpc) is 2.09. The topological polar surface area (TPSA) is 55.1 Å². The Morgan fingerprint density at radius 1 is 1.62 bits per heavy atom. The standard InChI is InChI=1S/C10H20N2O/c1-3-4-5-6-7-9(2)12-8-10(11)13/h3,9,12H,1,4-8H2,2H3,(H2,11,13). The fourth-order valence-corrected chi connectivity index (χ4v) is 1.12. The molecular formula is C10H20N2O. The Hall–Kier alpha value is -0.830. The van der Waals surface area contributed by atoms with E-state index in [4.69, 9.17) is 5.73 Å². The largest absolute Gasteiger partial charge is 0.369 e. The summed E-state index contributed by atoms with van der Waals surface area (Å²) in [4.78, 5) is 10.4. The molecule has 1 atom stereocenters. The molecule has 0 radical (unpaired) electrons. The summed E-state index contributed by atoms with van der Waals surface area (Å²) in [5, 5.41) is 3.06. The Morgan fingerprint density at radius 3 is 2.85 bits per heavy atom. The molecule has 0 rings (SSSR count). The van der Waals surface area contributed by atoms with E-state index in [-0.39, 0.29) is 12.5 Å². The van der Waals surface area contributed by atoms with Gasteiger partial charge in [0, 0.05) is 6.04 Å². The van der Waals surface area contributed by atoms with Crippen LogP contribution in [0.5, 0.6) is 0 Å². The summed E-state index contributed by atoms with van der Waals surface area (Å²) in [5.41, 5.74) is 5.00. The van der Waals surface area contributed by atoms with Gasteiger partial charge >= 0.3 is 0 Å². The fraction of sp³-hybridized carbons (Fsp3) is 0.700. The molecule has 0 aromatic carbocycles. The smallest absolute Gasteiger partial charge is 0.231 e. The van der Waals surface area contributed by atoms with E-state index >= 15 is 0 Å². The maximum Gasteiger partial charge on any atom is 0.231 e. The van der Waals surface area contributed by atoms with Crippen molar-refractivity contribution in [2.75, 3.05) is 6.54 Å². The molecule has 0 saturated heterocycles. The van der Waals surface area contributed by atoms with Crippen molar-refractivity contribution in [3.05, 3.63) is 12.7 Å². The second kappa shape index (κ2) is 7.80. The van der Waals surface area contributed by atoms with Gasteiger partial charge in [-0.05, 0) is 26.2 Å². The van der Waals surface area contributed by atoms with E-state index in [1.165, 1.54) is 12.8 Å². The number of hydrogen-bond donors (Lipinski definition) is 2. The van der Waals surface area contributed by atoms with Crippen molar-refractivity contribution in [2.45, 2.75) is 38.6 Å². The average molecular weight is 184 g/mol. The van der Waals surface area contributed by atoms with E-state index < -0.39 is 0 Å². The molecule has 0 aliphatic heterocycles. The van der Waals surface area contributed by atoms with Crippen LogP contribution < -0.4 is 11.1 Å². The molecule has 0 aromatic rings. The molecule has 3 N–H and O–H groups in total. The number of primary amides is 1. The van der Waals surface area contributed by atoms with E-state index in [1.54, 1.807) is 0 Å². The molecule has 0 saturated carbocycles. The van der Waals surface area contributed by atoms with Crippen molar-refractivity contribution < 1.29 is 4.79 Å². The second-order valence-corrected chi connectivity index (χ2v) is 3.32. The maximum absolute atomic E-state index is 10.4. The lowest BCUT2D eigenvalue weighted by atomic mass is 10.1. The number of rotatable bonds is 8. The number of allylic oxidation sites excluding steroid dienone is 1. The highest BCUT2D eigenvalue weighted by Crippen LogP contribution is 2.03. The number of carbonyl (C=O) groups is 1. The first-order valence-electron chi connectivity index (χ1n) is 4.79. The van der Waals surface area contributed by atoms with Gasteiger partial charge in [0.2, 0.25) is 5.91 Å². The Kier molecular flexibility index (Phi) is 7.30. The number of carbonyl (C=O) groups excluding carboxylic acids is 1. The summed E-state index contributed by atoms with van der Waals surface area (Å²) in [6.07, 6.45) is 6.43. The number of nitrogens with two attached hydrogens (primary N) is 1. The third kappa shape index (κ3) is 9.08. The van der Waals surface area contributed by atoms with Crippen molar-refractivity contribution in [3.63, 3.8) is 0 Å². The van der Waals surface area contributed by atoms with Crippen LogP contribution in [0.2, 0.25) is 0 Å². The Labute approximate surface area is 80.4 Å². The third-order valence-electron chi connectivity index (χ3n) is 1.92. The van der Waals surface area contributed by atoms with Gasteiger partial charge in [-0.25, -0.2) is 0 Å². The zero-order valence-corrected chi connectivity index (χ0v) is 8.38. The molecule has 3 heteroatoms. The zero-order chi connectivity index (χ0) is 10.1. The molecule has 0 spiro atoms. The molecule has 0 aromatic heterocycles. The highest BCUT2D eigenvalue weighted by Gasteiger charge is 2.01. The van der Waals surface area contributed by atoms with Gasteiger partial charge < -0.3 is 11.1 Å². The first-order valence-corrected chi connectivity index (χ1v) is 4.79. The van der Waals surface area contributed by atoms with Crippen LogP contribution in [0, 0.1) is 0 Å². The Morgan fingerprint density at radius 2 is 2.31 bits per heavy atom. The molecule has 1 unspecified atom stereocenters. The maximum atomic E-state index is 10.4. The lowest BCUT2D eigenvalue weighted by Gasteiger charge is -2.11. The van der Waals surface area contributed by atoms with E-state index in [0.717, 1.165) is 12.8 Å². The predicted octanol–water partition coefficient (Wildman–Crippen LogP) is 1.20. The lowest BCUT2D eigenvalue weighted by Crippen LogP contribution is -2.34. The summed E-state index contributed by atoms with van der Waals surface area (Å²) >= 11 is 0. The van der Waals surface area contributed by atoms with Crippen LogP contribution in [0.4, 0.5) is 0 Å². The number of nitrogens with one attached hydrogen (secondary N) is 1. The van der Waals surface area contributed by atoms with Gasteiger partial charge in [-0.1, -0.05) is 12.5 Å².